The van der Waals surface area contributed by atoms with Crippen molar-refractivity contribution in [1.29, 1.82) is 0 Å². The van der Waals surface area contributed by atoms with E-state index in [1.165, 1.54) is 24.3 Å². The van der Waals surface area contributed by atoms with Gasteiger partial charge in [0.05, 0.1) is 19.1 Å². The normalized spacial score (nSPS) is 9.90. The van der Waals surface area contributed by atoms with Crippen LogP contribution in [0.2, 0.25) is 0 Å². The number of nitro benzene ring substituents is 1. The fourth-order valence-electron chi connectivity index (χ4n) is 1.61. The summed E-state index contributed by atoms with van der Waals surface area (Å²) in [6.45, 7) is 0. The fraction of sp³-hybridized carbons (Fsp3) is 0.143. The minimum absolute atomic E-state index is 0.0144. The Bertz CT molecular complexity index is 587. The maximum atomic E-state index is 10.6. The molecule has 0 unspecified atom stereocenters. The van der Waals surface area contributed by atoms with Gasteiger partial charge in [-0.2, -0.15) is 0 Å². The predicted octanol–water partition coefficient (Wildman–Crippen LogP) is 3.40. The third-order valence-corrected chi connectivity index (χ3v) is 2.61. The molecule has 0 aliphatic carbocycles. The van der Waals surface area contributed by atoms with Gasteiger partial charge in [0.15, 0.2) is 0 Å². The Balaban J connectivity index is 2.22. The Morgan fingerprint density at radius 1 is 0.850 bits per heavy atom. The van der Waals surface area contributed by atoms with Crippen LogP contribution in [0, 0.1) is 10.1 Å². The van der Waals surface area contributed by atoms with Crippen LogP contribution in [0.25, 0.3) is 0 Å². The summed E-state index contributed by atoms with van der Waals surface area (Å²) in [5, 5.41) is 10.6. The molecule has 2 aromatic carbocycles. The third kappa shape index (κ3) is 3.17. The van der Waals surface area contributed by atoms with Crippen LogP contribution in [0.1, 0.15) is 0 Å². The molecular weight excluding hydrogens is 262 g/mol. The van der Waals surface area contributed by atoms with Gasteiger partial charge in [0.25, 0.3) is 5.69 Å². The molecule has 104 valence electrons. The second kappa shape index (κ2) is 5.92. The molecule has 2 rings (SSSR count). The van der Waals surface area contributed by atoms with Crippen molar-refractivity contribution in [2.24, 2.45) is 0 Å². The number of nitrogens with zero attached hydrogens (tertiary/aromatic N) is 1. The zero-order valence-electron chi connectivity index (χ0n) is 11.0. The molecule has 6 heteroatoms. The summed E-state index contributed by atoms with van der Waals surface area (Å²) < 4.78 is 15.9. The first-order valence-corrected chi connectivity index (χ1v) is 5.78. The van der Waals surface area contributed by atoms with Gasteiger partial charge in [-0.1, -0.05) is 0 Å². The maximum absolute atomic E-state index is 10.6. The second-order valence-corrected chi connectivity index (χ2v) is 3.90. The van der Waals surface area contributed by atoms with Crippen molar-refractivity contribution in [2.45, 2.75) is 0 Å². The van der Waals surface area contributed by atoms with Crippen LogP contribution >= 0.6 is 0 Å². The Hall–Kier alpha value is -2.76. The number of methoxy groups -OCH3 is 2. The molecule has 0 atom stereocenters. The maximum Gasteiger partial charge on any atom is 0.269 e. The van der Waals surface area contributed by atoms with Gasteiger partial charge < -0.3 is 14.2 Å². The van der Waals surface area contributed by atoms with Crippen LogP contribution in [0.3, 0.4) is 0 Å². The molecule has 0 aliphatic heterocycles. The largest absolute Gasteiger partial charge is 0.496 e. The van der Waals surface area contributed by atoms with E-state index >= 15 is 0 Å². The quantitative estimate of drug-likeness (QED) is 0.617. The fourth-order valence-corrected chi connectivity index (χ4v) is 1.61. The van der Waals surface area contributed by atoms with Crippen molar-refractivity contribution < 1.29 is 19.1 Å². The molecule has 0 saturated carbocycles. The molecule has 2 aromatic rings. The highest BCUT2D eigenvalue weighted by atomic mass is 16.6. The monoisotopic (exact) mass is 275 g/mol. The van der Waals surface area contributed by atoms with Crippen LogP contribution < -0.4 is 14.2 Å². The summed E-state index contributed by atoms with van der Waals surface area (Å²) in [6, 6.07) is 10.9. The van der Waals surface area contributed by atoms with Crippen molar-refractivity contribution >= 4 is 5.69 Å². The molecule has 0 saturated heterocycles. The van der Waals surface area contributed by atoms with E-state index in [4.69, 9.17) is 14.2 Å². The van der Waals surface area contributed by atoms with E-state index in [2.05, 4.69) is 0 Å². The van der Waals surface area contributed by atoms with E-state index in [0.717, 1.165) is 0 Å². The third-order valence-electron chi connectivity index (χ3n) is 2.61. The van der Waals surface area contributed by atoms with E-state index in [9.17, 15) is 10.1 Å². The highest BCUT2D eigenvalue weighted by Crippen LogP contribution is 2.31. The summed E-state index contributed by atoms with van der Waals surface area (Å²) in [5.74, 6) is 2.21. The lowest BCUT2D eigenvalue weighted by Gasteiger charge is -2.09. The van der Waals surface area contributed by atoms with E-state index in [1.54, 1.807) is 32.4 Å². The molecule has 0 aliphatic rings. The summed E-state index contributed by atoms with van der Waals surface area (Å²) in [4.78, 5) is 10.1. The molecule has 0 spiro atoms. The first-order chi connectivity index (χ1) is 9.62. The zero-order chi connectivity index (χ0) is 14.5. The van der Waals surface area contributed by atoms with Crippen LogP contribution in [0.4, 0.5) is 5.69 Å². The number of non-ortho nitro benzene ring substituents is 1. The highest BCUT2D eigenvalue weighted by molar-refractivity contribution is 5.45. The molecule has 0 fully saturated rings. The lowest BCUT2D eigenvalue weighted by Crippen LogP contribution is -1.91. The predicted molar refractivity (Wildman–Crippen MR) is 72.7 cm³/mol. The summed E-state index contributed by atoms with van der Waals surface area (Å²) in [5.41, 5.74) is 0.0144. The van der Waals surface area contributed by atoms with E-state index in [-0.39, 0.29) is 5.69 Å². The van der Waals surface area contributed by atoms with Gasteiger partial charge in [-0.3, -0.25) is 10.1 Å². The van der Waals surface area contributed by atoms with Crippen LogP contribution in [0.5, 0.6) is 23.0 Å². The molecule has 0 amide bonds. The lowest BCUT2D eigenvalue weighted by molar-refractivity contribution is -0.384. The number of ether oxygens (including phenoxy) is 3. The van der Waals surface area contributed by atoms with Crippen LogP contribution in [-0.4, -0.2) is 19.1 Å². The molecule has 0 heterocycles. The van der Waals surface area contributed by atoms with Gasteiger partial charge in [-0.25, -0.2) is 0 Å². The molecule has 6 nitrogen and oxygen atoms in total. The highest BCUT2D eigenvalue weighted by Gasteiger charge is 2.07. The Morgan fingerprint density at radius 2 is 1.35 bits per heavy atom. The minimum atomic E-state index is -0.460. The van der Waals surface area contributed by atoms with E-state index < -0.39 is 4.92 Å². The molecule has 0 aromatic heterocycles. The molecule has 0 bridgehead atoms. The lowest BCUT2D eigenvalue weighted by atomic mass is 10.3. The molecule has 20 heavy (non-hydrogen) atoms. The zero-order valence-corrected chi connectivity index (χ0v) is 11.0. The Labute approximate surface area is 115 Å². The number of hydrogen-bond acceptors (Lipinski definition) is 5. The van der Waals surface area contributed by atoms with Gasteiger partial charge in [0, 0.05) is 30.3 Å². The summed E-state index contributed by atoms with van der Waals surface area (Å²) in [6.07, 6.45) is 0. The first-order valence-electron chi connectivity index (χ1n) is 5.78. The van der Waals surface area contributed by atoms with Crippen molar-refractivity contribution in [3.8, 4) is 23.0 Å². The topological polar surface area (TPSA) is 70.8 Å². The van der Waals surface area contributed by atoms with Crippen molar-refractivity contribution in [1.82, 2.24) is 0 Å². The number of benzene rings is 2. The number of hydrogen-bond donors (Lipinski definition) is 0. The number of rotatable bonds is 5. The van der Waals surface area contributed by atoms with Gasteiger partial charge >= 0.3 is 0 Å². The first kappa shape index (κ1) is 13.7. The van der Waals surface area contributed by atoms with E-state index in [0.29, 0.717) is 23.0 Å². The van der Waals surface area contributed by atoms with E-state index in [1.807, 2.05) is 0 Å². The van der Waals surface area contributed by atoms with Crippen LogP contribution in [-0.2, 0) is 0 Å². The Morgan fingerprint density at radius 3 is 1.80 bits per heavy atom. The minimum Gasteiger partial charge on any atom is -0.496 e. The second-order valence-electron chi connectivity index (χ2n) is 3.90. The van der Waals surface area contributed by atoms with Crippen molar-refractivity contribution in [3.63, 3.8) is 0 Å². The van der Waals surface area contributed by atoms with Crippen molar-refractivity contribution in [2.75, 3.05) is 14.2 Å². The summed E-state index contributed by atoms with van der Waals surface area (Å²) >= 11 is 0. The van der Waals surface area contributed by atoms with Gasteiger partial charge in [0.2, 0.25) is 0 Å². The molecular formula is C14H13NO5. The van der Waals surface area contributed by atoms with Gasteiger partial charge in [-0.15, -0.1) is 0 Å². The smallest absolute Gasteiger partial charge is 0.269 e. The SMILES string of the molecule is COc1cc(OC)cc(Oc2ccc([N+](=O)[O-])cc2)c1. The van der Waals surface area contributed by atoms with Crippen LogP contribution in [0.15, 0.2) is 42.5 Å². The number of nitro groups is 1. The van der Waals surface area contributed by atoms with Crippen molar-refractivity contribution in [3.05, 3.63) is 52.6 Å². The summed E-state index contributed by atoms with van der Waals surface area (Å²) in [7, 11) is 3.09. The molecule has 0 radical (unpaired) electrons. The van der Waals surface area contributed by atoms with Gasteiger partial charge in [0.1, 0.15) is 23.0 Å². The average molecular weight is 275 g/mol. The Kier molecular flexibility index (Phi) is 4.05. The average Bonchev–Trinajstić information content (AvgIpc) is 2.47. The molecule has 0 N–H and O–H groups in total. The standard InChI is InChI=1S/C14H13NO5/c1-18-12-7-13(19-2)9-14(8-12)20-11-5-3-10(4-6-11)15(16)17/h3-9H,1-2H3. The van der Waals surface area contributed by atoms with Gasteiger partial charge in [-0.05, 0) is 12.1 Å².